The maximum absolute atomic E-state index is 13.6. The van der Waals surface area contributed by atoms with E-state index in [-0.39, 0.29) is 29.3 Å². The first-order valence-corrected chi connectivity index (χ1v) is 5.98. The standard InChI is InChI=1S/C14H21FN2O.ClH/c1-10-5-6-12(15)11(7-10)13(18)17(4)9-14(2,3)8-16;/h5-7H,8-9,16H2,1-4H3;1H. The van der Waals surface area contributed by atoms with Gasteiger partial charge >= 0.3 is 0 Å². The van der Waals surface area contributed by atoms with Gasteiger partial charge in [0.2, 0.25) is 0 Å². The molecule has 0 aliphatic heterocycles. The molecular formula is C14H22ClFN2O. The smallest absolute Gasteiger partial charge is 0.256 e. The van der Waals surface area contributed by atoms with Crippen LogP contribution in [-0.2, 0) is 0 Å². The van der Waals surface area contributed by atoms with E-state index in [2.05, 4.69) is 0 Å². The number of hydrogen-bond donors (Lipinski definition) is 1. The number of nitrogens with zero attached hydrogens (tertiary/aromatic N) is 1. The third kappa shape index (κ3) is 4.80. The molecule has 1 aromatic rings. The van der Waals surface area contributed by atoms with Crippen LogP contribution < -0.4 is 5.73 Å². The molecule has 0 saturated heterocycles. The number of hydrogen-bond acceptors (Lipinski definition) is 2. The van der Waals surface area contributed by atoms with Crippen LogP contribution in [0.15, 0.2) is 18.2 Å². The average molecular weight is 289 g/mol. The van der Waals surface area contributed by atoms with Crippen LogP contribution in [0.1, 0.15) is 29.8 Å². The Balaban J connectivity index is 0.00000324. The van der Waals surface area contributed by atoms with E-state index in [4.69, 9.17) is 5.73 Å². The van der Waals surface area contributed by atoms with E-state index in [9.17, 15) is 9.18 Å². The molecule has 0 radical (unpaired) electrons. The SMILES string of the molecule is Cc1ccc(F)c(C(=O)N(C)CC(C)(C)CN)c1.Cl. The molecule has 108 valence electrons. The molecule has 0 aliphatic carbocycles. The molecule has 1 amide bonds. The third-order valence-electron chi connectivity index (χ3n) is 2.92. The van der Waals surface area contributed by atoms with Crippen LogP contribution in [0.3, 0.4) is 0 Å². The summed E-state index contributed by atoms with van der Waals surface area (Å²) < 4.78 is 13.6. The zero-order chi connectivity index (χ0) is 13.9. The highest BCUT2D eigenvalue weighted by molar-refractivity contribution is 5.94. The van der Waals surface area contributed by atoms with Crippen molar-refractivity contribution in [1.82, 2.24) is 4.90 Å². The second kappa shape index (κ2) is 6.87. The Kier molecular flexibility index (Phi) is 6.46. The molecular weight excluding hydrogens is 267 g/mol. The topological polar surface area (TPSA) is 46.3 Å². The van der Waals surface area contributed by atoms with E-state index in [1.165, 1.54) is 11.0 Å². The van der Waals surface area contributed by atoms with Crippen LogP contribution in [0, 0.1) is 18.2 Å². The average Bonchev–Trinajstić information content (AvgIpc) is 2.31. The summed E-state index contributed by atoms with van der Waals surface area (Å²) >= 11 is 0. The van der Waals surface area contributed by atoms with E-state index in [1.54, 1.807) is 19.2 Å². The fraction of sp³-hybridized carbons (Fsp3) is 0.500. The Labute approximate surface area is 120 Å². The van der Waals surface area contributed by atoms with Gasteiger partial charge in [0.1, 0.15) is 5.82 Å². The van der Waals surface area contributed by atoms with Gasteiger partial charge in [0, 0.05) is 13.6 Å². The first-order chi connectivity index (χ1) is 8.26. The fourth-order valence-corrected chi connectivity index (χ4v) is 1.79. The largest absolute Gasteiger partial charge is 0.341 e. The van der Waals surface area contributed by atoms with E-state index in [0.29, 0.717) is 13.1 Å². The van der Waals surface area contributed by atoms with Crippen molar-refractivity contribution >= 4 is 18.3 Å². The van der Waals surface area contributed by atoms with Crippen molar-refractivity contribution in [2.24, 2.45) is 11.1 Å². The number of carbonyl (C=O) groups is 1. The van der Waals surface area contributed by atoms with Gasteiger partial charge in [-0.1, -0.05) is 25.5 Å². The molecule has 0 atom stereocenters. The van der Waals surface area contributed by atoms with E-state index >= 15 is 0 Å². The van der Waals surface area contributed by atoms with Crippen LogP contribution in [0.25, 0.3) is 0 Å². The van der Waals surface area contributed by atoms with Crippen molar-refractivity contribution in [3.63, 3.8) is 0 Å². The highest BCUT2D eigenvalue weighted by Gasteiger charge is 2.23. The highest BCUT2D eigenvalue weighted by Crippen LogP contribution is 2.17. The first kappa shape index (κ1) is 17.9. The molecule has 0 aliphatic rings. The van der Waals surface area contributed by atoms with Gasteiger partial charge in [0.25, 0.3) is 5.91 Å². The normalized spacial score (nSPS) is 10.8. The summed E-state index contributed by atoms with van der Waals surface area (Å²) in [5.74, 6) is -0.791. The van der Waals surface area contributed by atoms with Gasteiger partial charge in [-0.25, -0.2) is 4.39 Å². The zero-order valence-electron chi connectivity index (χ0n) is 11.9. The Morgan fingerprint density at radius 1 is 1.42 bits per heavy atom. The van der Waals surface area contributed by atoms with Crippen molar-refractivity contribution in [3.05, 3.63) is 35.1 Å². The minimum atomic E-state index is -0.483. The number of rotatable bonds is 4. The molecule has 0 spiro atoms. The monoisotopic (exact) mass is 288 g/mol. The molecule has 0 unspecified atom stereocenters. The molecule has 1 aromatic carbocycles. The third-order valence-corrected chi connectivity index (χ3v) is 2.92. The summed E-state index contributed by atoms with van der Waals surface area (Å²) in [6, 6.07) is 4.55. The van der Waals surface area contributed by atoms with Gasteiger partial charge in [0.05, 0.1) is 5.56 Å². The van der Waals surface area contributed by atoms with E-state index in [1.807, 2.05) is 20.8 Å². The van der Waals surface area contributed by atoms with Crippen molar-refractivity contribution in [2.45, 2.75) is 20.8 Å². The lowest BCUT2D eigenvalue weighted by Gasteiger charge is -2.29. The number of halogens is 2. The number of aryl methyl sites for hydroxylation is 1. The van der Waals surface area contributed by atoms with Crippen molar-refractivity contribution in [2.75, 3.05) is 20.1 Å². The molecule has 0 bridgehead atoms. The summed E-state index contributed by atoms with van der Waals surface area (Å²) in [6.45, 7) is 6.75. The molecule has 5 heteroatoms. The van der Waals surface area contributed by atoms with Crippen molar-refractivity contribution in [1.29, 1.82) is 0 Å². The van der Waals surface area contributed by atoms with Crippen molar-refractivity contribution in [3.8, 4) is 0 Å². The predicted octanol–water partition coefficient (Wildman–Crippen LogP) is 2.61. The lowest BCUT2D eigenvalue weighted by Crippen LogP contribution is -2.40. The Bertz CT molecular complexity index is 449. The van der Waals surface area contributed by atoms with E-state index < -0.39 is 5.82 Å². The Morgan fingerprint density at radius 2 is 2.00 bits per heavy atom. The maximum Gasteiger partial charge on any atom is 0.256 e. The number of nitrogens with two attached hydrogens (primary N) is 1. The summed E-state index contributed by atoms with van der Waals surface area (Å²) in [5.41, 5.74) is 6.44. The summed E-state index contributed by atoms with van der Waals surface area (Å²) in [4.78, 5) is 13.7. The van der Waals surface area contributed by atoms with E-state index in [0.717, 1.165) is 5.56 Å². The van der Waals surface area contributed by atoms with Crippen LogP contribution in [0.4, 0.5) is 4.39 Å². The summed E-state index contributed by atoms with van der Waals surface area (Å²) in [5, 5.41) is 0. The molecule has 2 N–H and O–H groups in total. The maximum atomic E-state index is 13.6. The molecule has 1 rings (SSSR count). The fourth-order valence-electron chi connectivity index (χ4n) is 1.79. The van der Waals surface area contributed by atoms with Gasteiger partial charge < -0.3 is 10.6 Å². The second-order valence-corrected chi connectivity index (χ2v) is 5.51. The van der Waals surface area contributed by atoms with Crippen LogP contribution in [0.2, 0.25) is 0 Å². The number of benzene rings is 1. The summed E-state index contributed by atoms with van der Waals surface area (Å²) in [7, 11) is 1.67. The van der Waals surface area contributed by atoms with Crippen LogP contribution in [0.5, 0.6) is 0 Å². The Morgan fingerprint density at radius 3 is 2.53 bits per heavy atom. The molecule has 19 heavy (non-hydrogen) atoms. The highest BCUT2D eigenvalue weighted by atomic mass is 35.5. The van der Waals surface area contributed by atoms with Crippen LogP contribution >= 0.6 is 12.4 Å². The van der Waals surface area contributed by atoms with Gasteiger partial charge in [-0.05, 0) is 31.0 Å². The van der Waals surface area contributed by atoms with Gasteiger partial charge in [0.15, 0.2) is 0 Å². The lowest BCUT2D eigenvalue weighted by atomic mass is 9.93. The Hall–Kier alpha value is -1.13. The summed E-state index contributed by atoms with van der Waals surface area (Å²) in [6.07, 6.45) is 0. The van der Waals surface area contributed by atoms with Gasteiger partial charge in [-0.2, -0.15) is 0 Å². The minimum absolute atomic E-state index is 0. The zero-order valence-corrected chi connectivity index (χ0v) is 12.7. The predicted molar refractivity (Wildman–Crippen MR) is 78.2 cm³/mol. The molecule has 0 saturated carbocycles. The molecule has 0 aromatic heterocycles. The lowest BCUT2D eigenvalue weighted by molar-refractivity contribution is 0.0736. The molecule has 3 nitrogen and oxygen atoms in total. The quantitative estimate of drug-likeness (QED) is 0.926. The second-order valence-electron chi connectivity index (χ2n) is 5.51. The minimum Gasteiger partial charge on any atom is -0.341 e. The van der Waals surface area contributed by atoms with Crippen LogP contribution in [-0.4, -0.2) is 30.9 Å². The van der Waals surface area contributed by atoms with Gasteiger partial charge in [-0.3, -0.25) is 4.79 Å². The van der Waals surface area contributed by atoms with Crippen molar-refractivity contribution < 1.29 is 9.18 Å². The van der Waals surface area contributed by atoms with Gasteiger partial charge in [-0.15, -0.1) is 12.4 Å². The number of amides is 1. The first-order valence-electron chi connectivity index (χ1n) is 5.98. The number of carbonyl (C=O) groups excluding carboxylic acids is 1. The molecule has 0 heterocycles. The molecule has 0 fully saturated rings.